The Kier molecular flexibility index (Phi) is 6.34. The van der Waals surface area contributed by atoms with Crippen molar-refractivity contribution >= 4 is 40.7 Å². The number of aliphatic hydroxyl groups is 1. The van der Waals surface area contributed by atoms with Crippen molar-refractivity contribution in [2.24, 2.45) is 5.73 Å². The van der Waals surface area contributed by atoms with Crippen LogP contribution in [0.2, 0.25) is 0 Å². The summed E-state index contributed by atoms with van der Waals surface area (Å²) in [6, 6.07) is -0.262. The summed E-state index contributed by atoms with van der Waals surface area (Å²) in [7, 11) is 0. The lowest BCUT2D eigenvalue weighted by Crippen LogP contribution is -2.27. The van der Waals surface area contributed by atoms with E-state index in [1.807, 2.05) is 0 Å². The molecule has 1 rings (SSSR count). The van der Waals surface area contributed by atoms with Crippen LogP contribution in [0.5, 0.6) is 0 Å². The third kappa shape index (κ3) is 3.56. The van der Waals surface area contributed by atoms with Crippen molar-refractivity contribution in [3.63, 3.8) is 0 Å². The van der Waals surface area contributed by atoms with Gasteiger partial charge < -0.3 is 16.6 Å². The minimum atomic E-state index is -0.262. The first-order valence-corrected chi connectivity index (χ1v) is 4.97. The monoisotopic (exact) mass is 329 g/mol. The van der Waals surface area contributed by atoms with E-state index in [1.54, 1.807) is 12.4 Å². The highest BCUT2D eigenvalue weighted by atomic mass is 127. The molecule has 0 fully saturated rings. The minimum absolute atomic E-state index is 0. The summed E-state index contributed by atoms with van der Waals surface area (Å²) in [5, 5.41) is 8.77. The zero-order chi connectivity index (χ0) is 9.84. The van der Waals surface area contributed by atoms with E-state index in [2.05, 4.69) is 27.6 Å². The number of halogens is 2. The molecule has 0 aliphatic heterocycles. The molecule has 1 aromatic heterocycles. The Labute approximate surface area is 103 Å². The van der Waals surface area contributed by atoms with Crippen molar-refractivity contribution in [1.82, 2.24) is 4.98 Å². The SMILES string of the molecule is Cl.Nc1c(I)cncc1CC(N)CO. The second kappa shape index (κ2) is 6.39. The average Bonchev–Trinajstić information content (AvgIpc) is 2.13. The largest absolute Gasteiger partial charge is 0.398 e. The van der Waals surface area contributed by atoms with E-state index >= 15 is 0 Å². The van der Waals surface area contributed by atoms with Crippen molar-refractivity contribution < 1.29 is 5.11 Å². The summed E-state index contributed by atoms with van der Waals surface area (Å²) in [6.07, 6.45) is 3.95. The van der Waals surface area contributed by atoms with Crippen LogP contribution in [-0.2, 0) is 6.42 Å². The number of nitrogens with zero attached hydrogens (tertiary/aromatic N) is 1. The Balaban J connectivity index is 0.00000169. The molecule has 5 N–H and O–H groups in total. The van der Waals surface area contributed by atoms with E-state index in [0.717, 1.165) is 9.13 Å². The summed E-state index contributed by atoms with van der Waals surface area (Å²) in [5.41, 5.74) is 13.0. The molecule has 4 nitrogen and oxygen atoms in total. The lowest BCUT2D eigenvalue weighted by atomic mass is 10.1. The third-order valence-corrected chi connectivity index (χ3v) is 2.60. The summed E-state index contributed by atoms with van der Waals surface area (Å²) in [5.74, 6) is 0. The van der Waals surface area contributed by atoms with Crippen LogP contribution < -0.4 is 11.5 Å². The molecule has 0 amide bonds. The number of hydrogen-bond donors (Lipinski definition) is 3. The van der Waals surface area contributed by atoms with E-state index in [4.69, 9.17) is 16.6 Å². The second-order valence-corrected chi connectivity index (χ2v) is 4.00. The predicted molar refractivity (Wildman–Crippen MR) is 67.4 cm³/mol. The highest BCUT2D eigenvalue weighted by molar-refractivity contribution is 14.1. The van der Waals surface area contributed by atoms with Gasteiger partial charge in [-0.1, -0.05) is 0 Å². The Bertz CT molecular complexity index is 298. The fourth-order valence-corrected chi connectivity index (χ4v) is 1.50. The highest BCUT2D eigenvalue weighted by Gasteiger charge is 2.07. The number of nitrogen functional groups attached to an aromatic ring is 1. The van der Waals surface area contributed by atoms with Crippen LogP contribution in [-0.4, -0.2) is 22.7 Å². The predicted octanol–water partition coefficient (Wildman–Crippen LogP) is 0.552. The van der Waals surface area contributed by atoms with Gasteiger partial charge in [0.05, 0.1) is 15.9 Å². The molecule has 0 spiro atoms. The Morgan fingerprint density at radius 1 is 1.50 bits per heavy atom. The average molecular weight is 330 g/mol. The van der Waals surface area contributed by atoms with Crippen LogP contribution in [0.4, 0.5) is 5.69 Å². The maximum absolute atomic E-state index is 8.77. The van der Waals surface area contributed by atoms with Gasteiger partial charge in [-0.3, -0.25) is 4.98 Å². The molecule has 80 valence electrons. The van der Waals surface area contributed by atoms with Crippen LogP contribution in [0.1, 0.15) is 5.56 Å². The van der Waals surface area contributed by atoms with Gasteiger partial charge in [0.15, 0.2) is 0 Å². The minimum Gasteiger partial charge on any atom is -0.398 e. The van der Waals surface area contributed by atoms with Gasteiger partial charge >= 0.3 is 0 Å². The summed E-state index contributed by atoms with van der Waals surface area (Å²) >= 11 is 2.12. The normalized spacial score (nSPS) is 11.9. The van der Waals surface area contributed by atoms with Crippen LogP contribution in [0, 0.1) is 3.57 Å². The quantitative estimate of drug-likeness (QED) is 0.707. The van der Waals surface area contributed by atoms with Gasteiger partial charge in [0, 0.05) is 18.4 Å². The number of aromatic nitrogens is 1. The standard InChI is InChI=1S/C8H12IN3O.ClH/c9-7-3-12-2-5(8(7)11)1-6(10)4-13;/h2-3,6,13H,1,4,10H2,(H2,11,12);1H. The highest BCUT2D eigenvalue weighted by Crippen LogP contribution is 2.18. The van der Waals surface area contributed by atoms with Gasteiger partial charge in [-0.25, -0.2) is 0 Å². The number of anilines is 1. The van der Waals surface area contributed by atoms with Gasteiger partial charge in [0.25, 0.3) is 0 Å². The zero-order valence-corrected chi connectivity index (χ0v) is 10.5. The van der Waals surface area contributed by atoms with Gasteiger partial charge in [0.1, 0.15) is 0 Å². The molecule has 0 bridgehead atoms. The maximum Gasteiger partial charge on any atom is 0.0585 e. The number of nitrogens with two attached hydrogens (primary N) is 2. The molecule has 1 unspecified atom stereocenters. The number of pyridine rings is 1. The van der Waals surface area contributed by atoms with Crippen molar-refractivity contribution in [3.8, 4) is 0 Å². The van der Waals surface area contributed by atoms with E-state index in [9.17, 15) is 0 Å². The van der Waals surface area contributed by atoms with E-state index < -0.39 is 0 Å². The van der Waals surface area contributed by atoms with E-state index in [-0.39, 0.29) is 25.1 Å². The summed E-state index contributed by atoms with van der Waals surface area (Å²) < 4.78 is 0.917. The van der Waals surface area contributed by atoms with Crippen LogP contribution in [0.15, 0.2) is 12.4 Å². The molecule has 14 heavy (non-hydrogen) atoms. The molecular weight excluding hydrogens is 316 g/mol. The molecule has 0 radical (unpaired) electrons. The molecule has 0 aliphatic carbocycles. The first-order valence-electron chi connectivity index (χ1n) is 3.89. The molecular formula is C8H13ClIN3O. The number of hydrogen-bond acceptors (Lipinski definition) is 4. The lowest BCUT2D eigenvalue weighted by Gasteiger charge is -2.10. The van der Waals surface area contributed by atoms with Crippen molar-refractivity contribution in [3.05, 3.63) is 21.5 Å². The van der Waals surface area contributed by atoms with Gasteiger partial charge in [0.2, 0.25) is 0 Å². The molecule has 0 aromatic carbocycles. The molecule has 0 saturated heterocycles. The van der Waals surface area contributed by atoms with Crippen molar-refractivity contribution in [2.75, 3.05) is 12.3 Å². The van der Waals surface area contributed by atoms with E-state index in [0.29, 0.717) is 12.1 Å². The Hall–Kier alpha value is -0.110. The molecule has 0 aliphatic rings. The molecule has 1 aromatic rings. The Morgan fingerprint density at radius 2 is 2.14 bits per heavy atom. The molecule has 6 heteroatoms. The van der Waals surface area contributed by atoms with E-state index in [1.165, 1.54) is 0 Å². The first kappa shape index (κ1) is 13.9. The smallest absolute Gasteiger partial charge is 0.0585 e. The van der Waals surface area contributed by atoms with Gasteiger partial charge in [-0.2, -0.15) is 0 Å². The van der Waals surface area contributed by atoms with Crippen LogP contribution >= 0.6 is 35.0 Å². The molecule has 0 saturated carbocycles. The first-order chi connectivity index (χ1) is 6.15. The second-order valence-electron chi connectivity index (χ2n) is 2.84. The van der Waals surface area contributed by atoms with Gasteiger partial charge in [-0.15, -0.1) is 12.4 Å². The van der Waals surface area contributed by atoms with Crippen molar-refractivity contribution in [1.29, 1.82) is 0 Å². The molecule has 1 heterocycles. The van der Waals surface area contributed by atoms with Crippen LogP contribution in [0.25, 0.3) is 0 Å². The van der Waals surface area contributed by atoms with Gasteiger partial charge in [-0.05, 0) is 34.6 Å². The summed E-state index contributed by atoms with van der Waals surface area (Å²) in [6.45, 7) is -0.0368. The maximum atomic E-state index is 8.77. The molecule has 1 atom stereocenters. The topological polar surface area (TPSA) is 85.2 Å². The summed E-state index contributed by atoms with van der Waals surface area (Å²) in [4.78, 5) is 4.01. The van der Waals surface area contributed by atoms with Crippen molar-refractivity contribution in [2.45, 2.75) is 12.5 Å². The Morgan fingerprint density at radius 3 is 2.71 bits per heavy atom. The third-order valence-electron chi connectivity index (χ3n) is 1.74. The fourth-order valence-electron chi connectivity index (χ4n) is 0.995. The lowest BCUT2D eigenvalue weighted by molar-refractivity contribution is 0.265. The zero-order valence-electron chi connectivity index (χ0n) is 7.48. The fraction of sp³-hybridized carbons (Fsp3) is 0.375. The number of aliphatic hydroxyl groups excluding tert-OH is 1. The van der Waals surface area contributed by atoms with Crippen LogP contribution in [0.3, 0.4) is 0 Å². The number of rotatable bonds is 3.